The van der Waals surface area contributed by atoms with Gasteiger partial charge in [0, 0.05) is 18.9 Å². The van der Waals surface area contributed by atoms with Crippen molar-refractivity contribution in [2.45, 2.75) is 6.92 Å². The molecule has 0 atom stereocenters. The van der Waals surface area contributed by atoms with Gasteiger partial charge >= 0.3 is 0 Å². The van der Waals surface area contributed by atoms with E-state index in [1.54, 1.807) is 6.20 Å². The Kier molecular flexibility index (Phi) is 2.26. The molecule has 2 heteroatoms. The summed E-state index contributed by atoms with van der Waals surface area (Å²) in [6, 6.07) is 5.98. The summed E-state index contributed by atoms with van der Waals surface area (Å²) in [5, 5.41) is 0. The Labute approximate surface area is 66.5 Å². The molecule has 1 aromatic rings. The molecule has 11 heavy (non-hydrogen) atoms. The summed E-state index contributed by atoms with van der Waals surface area (Å²) >= 11 is 0. The van der Waals surface area contributed by atoms with Gasteiger partial charge in [0.05, 0.1) is 0 Å². The van der Waals surface area contributed by atoms with Crippen molar-refractivity contribution in [3.05, 3.63) is 42.2 Å². The zero-order valence-electron chi connectivity index (χ0n) is 6.91. The van der Waals surface area contributed by atoms with Crippen molar-refractivity contribution < 1.29 is 0 Å². The van der Waals surface area contributed by atoms with Crippen LogP contribution in [0.3, 0.4) is 0 Å². The zero-order valence-corrected chi connectivity index (χ0v) is 6.91. The fourth-order valence-electron chi connectivity index (χ4n) is 0.901. The molecular formula is C9H12N2. The smallest absolute Gasteiger partial charge is 0.132 e. The molecule has 0 fully saturated rings. The standard InChI is InChI=1S/C9H12N2/c1-4-10-9-7-5-6-8(2)11(9)3/h4-7H,1H2,2-3H3. The van der Waals surface area contributed by atoms with Crippen LogP contribution in [0.5, 0.6) is 0 Å². The van der Waals surface area contributed by atoms with Crippen molar-refractivity contribution in [1.82, 2.24) is 4.57 Å². The lowest BCUT2D eigenvalue weighted by Crippen LogP contribution is -2.18. The van der Waals surface area contributed by atoms with E-state index in [2.05, 4.69) is 11.6 Å². The SMILES string of the molecule is C=CN=c1cccc(C)n1C. The Morgan fingerprint density at radius 2 is 2.27 bits per heavy atom. The van der Waals surface area contributed by atoms with Crippen molar-refractivity contribution in [1.29, 1.82) is 0 Å². The molecule has 0 radical (unpaired) electrons. The van der Waals surface area contributed by atoms with E-state index in [0.29, 0.717) is 0 Å². The normalized spacial score (nSPS) is 11.6. The monoisotopic (exact) mass is 148 g/mol. The molecule has 2 nitrogen and oxygen atoms in total. The molecule has 0 aliphatic heterocycles. The van der Waals surface area contributed by atoms with Crippen LogP contribution in [-0.4, -0.2) is 4.57 Å². The summed E-state index contributed by atoms with van der Waals surface area (Å²) in [5.41, 5.74) is 2.12. The molecule has 1 heterocycles. The van der Waals surface area contributed by atoms with Crippen molar-refractivity contribution in [2.24, 2.45) is 12.0 Å². The van der Waals surface area contributed by atoms with Gasteiger partial charge in [-0.1, -0.05) is 12.6 Å². The Bertz CT molecular complexity index is 321. The van der Waals surface area contributed by atoms with Gasteiger partial charge in [-0.2, -0.15) is 0 Å². The van der Waals surface area contributed by atoms with Crippen LogP contribution in [-0.2, 0) is 7.05 Å². The number of rotatable bonds is 1. The van der Waals surface area contributed by atoms with Crippen LogP contribution in [0.4, 0.5) is 0 Å². The van der Waals surface area contributed by atoms with Crippen molar-refractivity contribution in [3.8, 4) is 0 Å². The highest BCUT2D eigenvalue weighted by molar-refractivity contribution is 5.03. The van der Waals surface area contributed by atoms with Crippen LogP contribution in [0.1, 0.15) is 5.69 Å². The van der Waals surface area contributed by atoms with E-state index < -0.39 is 0 Å². The molecule has 0 saturated heterocycles. The van der Waals surface area contributed by atoms with Crippen molar-refractivity contribution >= 4 is 0 Å². The summed E-state index contributed by atoms with van der Waals surface area (Å²) in [6.45, 7) is 5.59. The third-order valence-corrected chi connectivity index (χ3v) is 1.68. The zero-order chi connectivity index (χ0) is 8.27. The van der Waals surface area contributed by atoms with E-state index in [-0.39, 0.29) is 0 Å². The summed E-state index contributed by atoms with van der Waals surface area (Å²) in [6.07, 6.45) is 1.55. The minimum Gasteiger partial charge on any atom is -0.334 e. The molecule has 0 N–H and O–H groups in total. The molecule has 0 aliphatic carbocycles. The Morgan fingerprint density at radius 1 is 1.55 bits per heavy atom. The fourth-order valence-corrected chi connectivity index (χ4v) is 0.901. The molecule has 1 aromatic heterocycles. The molecule has 0 amide bonds. The average Bonchev–Trinajstić information content (AvgIpc) is 1.99. The summed E-state index contributed by atoms with van der Waals surface area (Å²) in [5.74, 6) is 0. The number of pyridine rings is 1. The quantitative estimate of drug-likeness (QED) is 0.572. The van der Waals surface area contributed by atoms with Gasteiger partial charge in [-0.05, 0) is 19.1 Å². The van der Waals surface area contributed by atoms with Crippen LogP contribution >= 0.6 is 0 Å². The highest BCUT2D eigenvalue weighted by Gasteiger charge is 1.87. The lowest BCUT2D eigenvalue weighted by atomic mass is 10.4. The lowest BCUT2D eigenvalue weighted by Gasteiger charge is -2.02. The molecule has 0 aliphatic rings. The number of aryl methyl sites for hydroxylation is 1. The third-order valence-electron chi connectivity index (χ3n) is 1.68. The average molecular weight is 148 g/mol. The van der Waals surface area contributed by atoms with Gasteiger partial charge in [-0.25, -0.2) is 4.99 Å². The predicted octanol–water partition coefficient (Wildman–Crippen LogP) is 1.38. The van der Waals surface area contributed by atoms with Crippen molar-refractivity contribution in [3.63, 3.8) is 0 Å². The first-order chi connectivity index (χ1) is 5.25. The largest absolute Gasteiger partial charge is 0.334 e. The lowest BCUT2D eigenvalue weighted by molar-refractivity contribution is 0.797. The maximum atomic E-state index is 4.09. The Hall–Kier alpha value is -1.31. The summed E-state index contributed by atoms with van der Waals surface area (Å²) in [4.78, 5) is 4.09. The Morgan fingerprint density at radius 3 is 2.91 bits per heavy atom. The van der Waals surface area contributed by atoms with Gasteiger partial charge in [0.2, 0.25) is 0 Å². The second kappa shape index (κ2) is 3.19. The second-order valence-corrected chi connectivity index (χ2v) is 2.40. The van der Waals surface area contributed by atoms with Crippen molar-refractivity contribution in [2.75, 3.05) is 0 Å². The van der Waals surface area contributed by atoms with Gasteiger partial charge in [0.1, 0.15) is 5.49 Å². The molecule has 0 unspecified atom stereocenters. The molecule has 0 aromatic carbocycles. The maximum Gasteiger partial charge on any atom is 0.132 e. The first-order valence-electron chi connectivity index (χ1n) is 3.53. The molecule has 0 spiro atoms. The van der Waals surface area contributed by atoms with E-state index >= 15 is 0 Å². The maximum absolute atomic E-state index is 4.09. The topological polar surface area (TPSA) is 17.3 Å². The summed E-state index contributed by atoms with van der Waals surface area (Å²) in [7, 11) is 1.98. The van der Waals surface area contributed by atoms with Gasteiger partial charge in [-0.3, -0.25) is 0 Å². The Balaban J connectivity index is 3.39. The molecule has 0 saturated carbocycles. The first kappa shape index (κ1) is 7.79. The van der Waals surface area contributed by atoms with E-state index in [0.717, 1.165) is 5.49 Å². The highest BCUT2D eigenvalue weighted by Crippen LogP contribution is 1.88. The van der Waals surface area contributed by atoms with E-state index in [1.165, 1.54) is 5.69 Å². The van der Waals surface area contributed by atoms with Crippen LogP contribution in [0.2, 0.25) is 0 Å². The third kappa shape index (κ3) is 1.58. The summed E-state index contributed by atoms with van der Waals surface area (Å²) < 4.78 is 2.02. The minimum atomic E-state index is 0.931. The van der Waals surface area contributed by atoms with Gasteiger partial charge in [0.15, 0.2) is 0 Å². The van der Waals surface area contributed by atoms with Gasteiger partial charge in [0.25, 0.3) is 0 Å². The van der Waals surface area contributed by atoms with E-state index in [9.17, 15) is 0 Å². The number of nitrogens with zero attached hydrogens (tertiary/aromatic N) is 2. The molecule has 58 valence electrons. The van der Waals surface area contributed by atoms with E-state index in [4.69, 9.17) is 0 Å². The second-order valence-electron chi connectivity index (χ2n) is 2.40. The first-order valence-corrected chi connectivity index (χ1v) is 3.53. The van der Waals surface area contributed by atoms with Crippen LogP contribution in [0.25, 0.3) is 0 Å². The molecule has 0 bridgehead atoms. The van der Waals surface area contributed by atoms with Crippen LogP contribution in [0, 0.1) is 6.92 Å². The number of hydrogen-bond acceptors (Lipinski definition) is 1. The number of hydrogen-bond donors (Lipinski definition) is 0. The van der Waals surface area contributed by atoms with Crippen LogP contribution < -0.4 is 5.49 Å². The van der Waals surface area contributed by atoms with Crippen LogP contribution in [0.15, 0.2) is 36.0 Å². The fraction of sp³-hybridized carbons (Fsp3) is 0.222. The number of aromatic nitrogens is 1. The predicted molar refractivity (Wildman–Crippen MR) is 45.9 cm³/mol. The van der Waals surface area contributed by atoms with Gasteiger partial charge < -0.3 is 4.57 Å². The molecule has 1 rings (SSSR count). The van der Waals surface area contributed by atoms with Gasteiger partial charge in [-0.15, -0.1) is 0 Å². The highest BCUT2D eigenvalue weighted by atomic mass is 15.0. The minimum absolute atomic E-state index is 0.931. The molecular weight excluding hydrogens is 136 g/mol. The van der Waals surface area contributed by atoms with E-state index in [1.807, 2.05) is 36.7 Å².